The molecule has 1 fully saturated rings. The lowest BCUT2D eigenvalue weighted by Crippen LogP contribution is -2.55. The van der Waals surface area contributed by atoms with Gasteiger partial charge in [0.05, 0.1) is 19.1 Å². The highest BCUT2D eigenvalue weighted by Crippen LogP contribution is 2.31. The zero-order chi connectivity index (χ0) is 31.0. The fourth-order valence-corrected chi connectivity index (χ4v) is 6.32. The van der Waals surface area contributed by atoms with Gasteiger partial charge in [0.15, 0.2) is 0 Å². The largest absolute Gasteiger partial charge is 0.495 e. The number of amides is 2. The third-order valence-corrected chi connectivity index (χ3v) is 8.90. The minimum absolute atomic E-state index is 0.00590. The van der Waals surface area contributed by atoms with Gasteiger partial charge in [-0.2, -0.15) is 0 Å². The van der Waals surface area contributed by atoms with Crippen LogP contribution in [0.3, 0.4) is 0 Å². The SMILES string of the molecule is COc1ccc(C)cc1N(CC(=O)N(Cc1ccc(F)cc1)[C@H](Cc1ccccc1)C(=O)NC1CCCCC1)S(C)(=O)=O. The van der Waals surface area contributed by atoms with Crippen molar-refractivity contribution in [2.75, 3.05) is 24.2 Å². The van der Waals surface area contributed by atoms with Crippen molar-refractivity contribution in [1.82, 2.24) is 10.2 Å². The number of halogens is 1. The summed E-state index contributed by atoms with van der Waals surface area (Å²) >= 11 is 0. The van der Waals surface area contributed by atoms with E-state index in [-0.39, 0.29) is 30.6 Å². The average Bonchev–Trinajstić information content (AvgIpc) is 2.99. The number of nitrogens with zero attached hydrogens (tertiary/aromatic N) is 2. The Labute approximate surface area is 253 Å². The van der Waals surface area contributed by atoms with Gasteiger partial charge in [-0.1, -0.05) is 67.8 Å². The van der Waals surface area contributed by atoms with Crippen molar-refractivity contribution in [2.45, 2.75) is 64.1 Å². The zero-order valence-corrected chi connectivity index (χ0v) is 25.8. The molecular weight excluding hydrogens is 569 g/mol. The van der Waals surface area contributed by atoms with Crippen LogP contribution < -0.4 is 14.4 Å². The Morgan fingerprint density at radius 2 is 1.65 bits per heavy atom. The lowest BCUT2D eigenvalue weighted by Gasteiger charge is -2.35. The highest BCUT2D eigenvalue weighted by Gasteiger charge is 2.34. The minimum atomic E-state index is -3.95. The van der Waals surface area contributed by atoms with Crippen LogP contribution >= 0.6 is 0 Å². The summed E-state index contributed by atoms with van der Waals surface area (Å²) in [6, 6.07) is 19.3. The van der Waals surface area contributed by atoms with Crippen LogP contribution in [0.5, 0.6) is 5.75 Å². The minimum Gasteiger partial charge on any atom is -0.495 e. The van der Waals surface area contributed by atoms with E-state index in [0.717, 1.165) is 53.8 Å². The number of carbonyl (C=O) groups is 2. The van der Waals surface area contributed by atoms with E-state index in [4.69, 9.17) is 4.74 Å². The molecule has 4 rings (SSSR count). The molecule has 3 aromatic rings. The molecule has 1 N–H and O–H groups in total. The molecule has 1 atom stereocenters. The molecular formula is C33H40FN3O5S. The Morgan fingerprint density at radius 3 is 2.28 bits per heavy atom. The number of methoxy groups -OCH3 is 1. The van der Waals surface area contributed by atoms with Crippen LogP contribution in [0.15, 0.2) is 72.8 Å². The van der Waals surface area contributed by atoms with Crippen LogP contribution in [0, 0.1) is 12.7 Å². The fraction of sp³-hybridized carbons (Fsp3) is 0.394. The summed E-state index contributed by atoms with van der Waals surface area (Å²) in [4.78, 5) is 29.7. The van der Waals surface area contributed by atoms with Gasteiger partial charge in [0.2, 0.25) is 21.8 Å². The molecule has 1 aliphatic rings. The highest BCUT2D eigenvalue weighted by atomic mass is 32.2. The van der Waals surface area contributed by atoms with Gasteiger partial charge in [0.1, 0.15) is 24.2 Å². The van der Waals surface area contributed by atoms with Crippen molar-refractivity contribution in [2.24, 2.45) is 0 Å². The number of nitrogens with one attached hydrogen (secondary N) is 1. The standard InChI is InChI=1S/C33H40FN3O5S/c1-24-14-19-31(42-2)29(20-24)37(43(3,40)41)23-32(38)36(22-26-15-17-27(34)18-16-26)30(21-25-10-6-4-7-11-25)33(39)35-28-12-8-5-9-13-28/h4,6-7,10-11,14-20,28,30H,5,8-9,12-13,21-23H2,1-3H3,(H,35,39)/t30-/m1/s1. The van der Waals surface area contributed by atoms with E-state index in [0.29, 0.717) is 11.3 Å². The number of hydrogen-bond acceptors (Lipinski definition) is 5. The molecule has 0 spiro atoms. The predicted octanol–water partition coefficient (Wildman–Crippen LogP) is 5.00. The molecule has 0 unspecified atom stereocenters. The van der Waals surface area contributed by atoms with Crippen LogP contribution in [0.1, 0.15) is 48.8 Å². The lowest BCUT2D eigenvalue weighted by molar-refractivity contribution is -0.140. The van der Waals surface area contributed by atoms with Crippen molar-refractivity contribution in [3.63, 3.8) is 0 Å². The maximum atomic E-state index is 14.3. The zero-order valence-electron chi connectivity index (χ0n) is 25.0. The predicted molar refractivity (Wildman–Crippen MR) is 166 cm³/mol. The molecule has 230 valence electrons. The molecule has 8 nitrogen and oxygen atoms in total. The maximum absolute atomic E-state index is 14.3. The van der Waals surface area contributed by atoms with E-state index in [1.807, 2.05) is 37.3 Å². The van der Waals surface area contributed by atoms with Gasteiger partial charge in [0, 0.05) is 19.0 Å². The summed E-state index contributed by atoms with van der Waals surface area (Å²) in [5.74, 6) is -1.000. The Kier molecular flexibility index (Phi) is 10.8. The van der Waals surface area contributed by atoms with Crippen LogP contribution in [0.2, 0.25) is 0 Å². The van der Waals surface area contributed by atoms with Gasteiger partial charge >= 0.3 is 0 Å². The number of benzene rings is 3. The van der Waals surface area contributed by atoms with E-state index in [1.54, 1.807) is 30.3 Å². The molecule has 1 saturated carbocycles. The molecule has 43 heavy (non-hydrogen) atoms. The molecule has 0 aliphatic heterocycles. The molecule has 0 saturated heterocycles. The van der Waals surface area contributed by atoms with E-state index >= 15 is 0 Å². The second kappa shape index (κ2) is 14.5. The lowest BCUT2D eigenvalue weighted by atomic mass is 9.94. The van der Waals surface area contributed by atoms with Gasteiger partial charge in [0.25, 0.3) is 0 Å². The van der Waals surface area contributed by atoms with Crippen LogP contribution in [0.25, 0.3) is 0 Å². The van der Waals surface area contributed by atoms with Gasteiger partial charge < -0.3 is 15.0 Å². The van der Waals surface area contributed by atoms with Crippen molar-refractivity contribution < 1.29 is 27.1 Å². The Bertz CT molecular complexity index is 1490. The molecule has 0 heterocycles. The summed E-state index contributed by atoms with van der Waals surface area (Å²) < 4.78 is 46.4. The van der Waals surface area contributed by atoms with E-state index in [1.165, 1.54) is 24.1 Å². The number of sulfonamides is 1. The molecule has 3 aromatic carbocycles. The number of ether oxygens (including phenoxy) is 1. The smallest absolute Gasteiger partial charge is 0.244 e. The molecule has 10 heteroatoms. The van der Waals surface area contributed by atoms with Crippen LogP contribution in [-0.2, 0) is 32.6 Å². The fourth-order valence-electron chi connectivity index (χ4n) is 5.47. The molecule has 2 amide bonds. The molecule has 1 aliphatic carbocycles. The Balaban J connectivity index is 1.75. The third kappa shape index (κ3) is 8.79. The Morgan fingerprint density at radius 1 is 0.977 bits per heavy atom. The van der Waals surface area contributed by atoms with E-state index in [9.17, 15) is 22.4 Å². The molecule has 0 bridgehead atoms. The number of anilines is 1. The highest BCUT2D eigenvalue weighted by molar-refractivity contribution is 7.92. The van der Waals surface area contributed by atoms with Crippen molar-refractivity contribution in [1.29, 1.82) is 0 Å². The number of hydrogen-bond donors (Lipinski definition) is 1. The summed E-state index contributed by atoms with van der Waals surface area (Å²) in [5.41, 5.74) is 2.47. The number of rotatable bonds is 12. The average molecular weight is 610 g/mol. The first-order valence-electron chi connectivity index (χ1n) is 14.6. The van der Waals surface area contributed by atoms with Crippen LogP contribution in [-0.4, -0.2) is 57.1 Å². The first-order chi connectivity index (χ1) is 20.5. The van der Waals surface area contributed by atoms with Gasteiger partial charge in [-0.3, -0.25) is 13.9 Å². The second-order valence-corrected chi connectivity index (χ2v) is 13.0. The van der Waals surface area contributed by atoms with Gasteiger partial charge in [-0.15, -0.1) is 0 Å². The van der Waals surface area contributed by atoms with Crippen LogP contribution in [0.4, 0.5) is 10.1 Å². The molecule has 0 radical (unpaired) electrons. The summed E-state index contributed by atoms with van der Waals surface area (Å²) in [7, 11) is -2.51. The monoisotopic (exact) mass is 609 g/mol. The van der Waals surface area contributed by atoms with Crippen molar-refractivity contribution in [3.05, 3.63) is 95.3 Å². The molecule has 0 aromatic heterocycles. The quantitative estimate of drug-likeness (QED) is 0.312. The summed E-state index contributed by atoms with van der Waals surface area (Å²) in [5, 5.41) is 3.17. The van der Waals surface area contributed by atoms with Gasteiger partial charge in [-0.05, 0) is 60.7 Å². The van der Waals surface area contributed by atoms with Crippen molar-refractivity contribution >= 4 is 27.5 Å². The third-order valence-electron chi connectivity index (χ3n) is 7.77. The first-order valence-corrected chi connectivity index (χ1v) is 16.4. The number of carbonyl (C=O) groups excluding carboxylic acids is 2. The maximum Gasteiger partial charge on any atom is 0.244 e. The topological polar surface area (TPSA) is 96.0 Å². The van der Waals surface area contributed by atoms with Gasteiger partial charge in [-0.25, -0.2) is 12.8 Å². The second-order valence-electron chi connectivity index (χ2n) is 11.1. The van der Waals surface area contributed by atoms with E-state index in [2.05, 4.69) is 5.32 Å². The number of aryl methyl sites for hydroxylation is 1. The Hall–Kier alpha value is -3.92. The van der Waals surface area contributed by atoms with Crippen molar-refractivity contribution in [3.8, 4) is 5.75 Å². The summed E-state index contributed by atoms with van der Waals surface area (Å²) in [6.45, 7) is 1.25. The summed E-state index contributed by atoms with van der Waals surface area (Å²) in [6.07, 6.45) is 6.15. The first kappa shape index (κ1) is 32.0. The van der Waals surface area contributed by atoms with E-state index < -0.39 is 34.3 Å². The normalized spacial score (nSPS) is 14.5.